The number of rotatable bonds is 5. The van der Waals surface area contributed by atoms with Crippen LogP contribution in [0.1, 0.15) is 46.0 Å². The molecule has 2 fully saturated rings. The molecule has 0 aliphatic heterocycles. The van der Waals surface area contributed by atoms with E-state index >= 15 is 0 Å². The molecule has 2 rings (SSSR count). The number of esters is 1. The second kappa shape index (κ2) is 5.99. The Morgan fingerprint density at radius 2 is 2.09 bits per heavy atom. The zero-order chi connectivity index (χ0) is 16.5. The number of carbonyl (C=O) groups excluding carboxylic acids is 2. The lowest BCUT2D eigenvalue weighted by atomic mass is 9.60. The maximum Gasteiger partial charge on any atom is 0.303 e. The summed E-state index contributed by atoms with van der Waals surface area (Å²) in [5, 5.41) is 10.4. The highest BCUT2D eigenvalue weighted by Gasteiger charge is 2.61. The lowest BCUT2D eigenvalue weighted by Crippen LogP contribution is -2.52. The lowest BCUT2D eigenvalue weighted by Gasteiger charge is -2.47. The van der Waals surface area contributed by atoms with Gasteiger partial charge < -0.3 is 9.84 Å². The Bertz CT molecular complexity index is 497. The summed E-state index contributed by atoms with van der Waals surface area (Å²) >= 11 is 0. The molecule has 0 saturated heterocycles. The number of aldehydes is 1. The summed E-state index contributed by atoms with van der Waals surface area (Å²) in [5.41, 5.74) is -0.700. The molecule has 0 bridgehead atoms. The van der Waals surface area contributed by atoms with Crippen LogP contribution in [0.5, 0.6) is 0 Å². The zero-order valence-corrected chi connectivity index (χ0v) is 13.5. The van der Waals surface area contributed by atoms with Gasteiger partial charge in [-0.05, 0) is 49.5 Å². The van der Waals surface area contributed by atoms with E-state index in [-0.39, 0.29) is 17.3 Å². The molecule has 2 aliphatic carbocycles. The van der Waals surface area contributed by atoms with E-state index in [4.69, 9.17) is 4.74 Å². The topological polar surface area (TPSA) is 63.6 Å². The molecule has 0 aromatic carbocycles. The van der Waals surface area contributed by atoms with Gasteiger partial charge in [0, 0.05) is 12.3 Å². The summed E-state index contributed by atoms with van der Waals surface area (Å²) < 4.78 is 5.48. The van der Waals surface area contributed by atoms with Crippen molar-refractivity contribution in [3.8, 4) is 0 Å². The van der Waals surface area contributed by atoms with E-state index < -0.39 is 17.7 Å². The Morgan fingerprint density at radius 1 is 1.41 bits per heavy atom. The molecular formula is C18H26O4. The van der Waals surface area contributed by atoms with E-state index in [0.717, 1.165) is 32.0 Å². The standard InChI is InChI=1S/C18H26O4/c1-5-12(2)16(21)14-6-8-17(4)15(10-14)7-9-18(17,11-19)22-13(3)20/h5,11,14-16,21H,1-2,6-10H2,3-4H3/t14?,15?,16?,17?,18-/m0/s1. The van der Waals surface area contributed by atoms with Crippen LogP contribution in [0.15, 0.2) is 24.8 Å². The van der Waals surface area contributed by atoms with Crippen molar-refractivity contribution in [3.05, 3.63) is 24.8 Å². The van der Waals surface area contributed by atoms with Crippen molar-refractivity contribution in [2.24, 2.45) is 17.3 Å². The summed E-state index contributed by atoms with van der Waals surface area (Å²) in [6, 6.07) is 0. The van der Waals surface area contributed by atoms with Crippen LogP contribution in [0.4, 0.5) is 0 Å². The largest absolute Gasteiger partial charge is 0.451 e. The summed E-state index contributed by atoms with van der Waals surface area (Å²) in [5.74, 6) is -0.0115. The molecule has 0 aromatic heterocycles. The first kappa shape index (κ1) is 16.9. The minimum absolute atomic E-state index is 0.128. The van der Waals surface area contributed by atoms with Crippen LogP contribution in [0.2, 0.25) is 0 Å². The average molecular weight is 306 g/mol. The average Bonchev–Trinajstić information content (AvgIpc) is 2.77. The van der Waals surface area contributed by atoms with Crippen LogP contribution >= 0.6 is 0 Å². The Balaban J connectivity index is 2.20. The van der Waals surface area contributed by atoms with Gasteiger partial charge >= 0.3 is 5.97 Å². The quantitative estimate of drug-likeness (QED) is 0.482. The first-order chi connectivity index (χ1) is 10.3. The molecule has 4 unspecified atom stereocenters. The molecule has 0 spiro atoms. The minimum atomic E-state index is -1.01. The van der Waals surface area contributed by atoms with Crippen molar-refractivity contribution >= 4 is 12.3 Å². The highest BCUT2D eigenvalue weighted by Crippen LogP contribution is 2.59. The molecular weight excluding hydrogens is 280 g/mol. The van der Waals surface area contributed by atoms with E-state index in [9.17, 15) is 14.7 Å². The van der Waals surface area contributed by atoms with E-state index in [1.807, 2.05) is 6.92 Å². The number of fused-ring (bicyclic) bond motifs is 1. The number of ether oxygens (including phenoxy) is 1. The third-order valence-electron chi connectivity index (χ3n) is 5.96. The monoisotopic (exact) mass is 306 g/mol. The van der Waals surface area contributed by atoms with Crippen molar-refractivity contribution in [3.63, 3.8) is 0 Å². The van der Waals surface area contributed by atoms with E-state index in [2.05, 4.69) is 13.2 Å². The predicted molar refractivity (Wildman–Crippen MR) is 84.1 cm³/mol. The normalized spacial score (nSPS) is 38.7. The summed E-state index contributed by atoms with van der Waals surface area (Å²) in [4.78, 5) is 23.2. The van der Waals surface area contributed by atoms with Crippen molar-refractivity contribution in [1.29, 1.82) is 0 Å². The molecule has 4 nitrogen and oxygen atoms in total. The van der Waals surface area contributed by atoms with E-state index in [0.29, 0.717) is 12.0 Å². The number of hydrogen-bond donors (Lipinski definition) is 1. The maximum absolute atomic E-state index is 11.7. The molecule has 2 aliphatic rings. The molecule has 122 valence electrons. The van der Waals surface area contributed by atoms with Crippen LogP contribution in [-0.2, 0) is 14.3 Å². The summed E-state index contributed by atoms with van der Waals surface area (Å²) in [6.07, 6.45) is 5.63. The Kier molecular flexibility index (Phi) is 4.62. The first-order valence-corrected chi connectivity index (χ1v) is 7.95. The van der Waals surface area contributed by atoms with Crippen LogP contribution in [-0.4, -0.2) is 29.1 Å². The van der Waals surface area contributed by atoms with Crippen molar-refractivity contribution in [2.75, 3.05) is 0 Å². The minimum Gasteiger partial charge on any atom is -0.451 e. The molecule has 4 heteroatoms. The van der Waals surface area contributed by atoms with Gasteiger partial charge in [-0.2, -0.15) is 0 Å². The third-order valence-corrected chi connectivity index (χ3v) is 5.96. The first-order valence-electron chi connectivity index (χ1n) is 7.95. The van der Waals surface area contributed by atoms with Gasteiger partial charge in [-0.3, -0.25) is 9.59 Å². The smallest absolute Gasteiger partial charge is 0.303 e. The molecule has 0 radical (unpaired) electrons. The summed E-state index contributed by atoms with van der Waals surface area (Å²) in [6.45, 7) is 10.9. The Labute approximate surface area is 132 Å². The fourth-order valence-electron chi connectivity index (χ4n) is 4.45. The highest BCUT2D eigenvalue weighted by atomic mass is 16.6. The van der Waals surface area contributed by atoms with Crippen molar-refractivity contribution in [2.45, 2.75) is 57.7 Å². The van der Waals surface area contributed by atoms with Crippen LogP contribution in [0.25, 0.3) is 0 Å². The lowest BCUT2D eigenvalue weighted by molar-refractivity contribution is -0.177. The van der Waals surface area contributed by atoms with Gasteiger partial charge in [-0.15, -0.1) is 0 Å². The van der Waals surface area contributed by atoms with Crippen molar-refractivity contribution < 1.29 is 19.4 Å². The molecule has 1 N–H and O–H groups in total. The molecule has 0 aromatic rings. The number of aliphatic hydroxyl groups excluding tert-OH is 1. The number of carbonyl (C=O) groups is 2. The second-order valence-electron chi connectivity index (χ2n) is 7.01. The van der Waals surface area contributed by atoms with E-state index in [1.54, 1.807) is 6.08 Å². The molecule has 0 heterocycles. The Hall–Kier alpha value is -1.42. The summed E-state index contributed by atoms with van der Waals surface area (Å²) in [7, 11) is 0. The van der Waals surface area contributed by atoms with Gasteiger partial charge in [0.1, 0.15) is 0 Å². The van der Waals surface area contributed by atoms with Gasteiger partial charge in [0.25, 0.3) is 0 Å². The SMILES string of the molecule is C=CC(=C)C(O)C1CCC2(C)C(CC[C@@]2(C=O)OC(C)=O)C1. The zero-order valence-electron chi connectivity index (χ0n) is 13.5. The van der Waals surface area contributed by atoms with Gasteiger partial charge in [0.15, 0.2) is 11.9 Å². The van der Waals surface area contributed by atoms with Crippen molar-refractivity contribution in [1.82, 2.24) is 0 Å². The third kappa shape index (κ3) is 2.54. The van der Waals surface area contributed by atoms with Crippen LogP contribution in [0.3, 0.4) is 0 Å². The second-order valence-corrected chi connectivity index (χ2v) is 7.01. The van der Waals surface area contributed by atoms with Gasteiger partial charge in [0.2, 0.25) is 0 Å². The molecule has 22 heavy (non-hydrogen) atoms. The van der Waals surface area contributed by atoms with Gasteiger partial charge in [-0.1, -0.05) is 26.2 Å². The van der Waals surface area contributed by atoms with Gasteiger partial charge in [-0.25, -0.2) is 0 Å². The van der Waals surface area contributed by atoms with Crippen LogP contribution in [0, 0.1) is 17.3 Å². The predicted octanol–water partition coefficient (Wildman–Crippen LogP) is 2.81. The fraction of sp³-hybridized carbons (Fsp3) is 0.667. The van der Waals surface area contributed by atoms with Gasteiger partial charge in [0.05, 0.1) is 6.10 Å². The highest BCUT2D eigenvalue weighted by molar-refractivity contribution is 5.74. The number of hydrogen-bond acceptors (Lipinski definition) is 4. The fourth-order valence-corrected chi connectivity index (χ4v) is 4.45. The molecule has 5 atom stereocenters. The van der Waals surface area contributed by atoms with E-state index in [1.165, 1.54) is 6.92 Å². The van der Waals surface area contributed by atoms with Crippen LogP contribution < -0.4 is 0 Å². The maximum atomic E-state index is 11.7. The Morgan fingerprint density at radius 3 is 2.64 bits per heavy atom. The molecule has 2 saturated carbocycles. The molecule has 0 amide bonds. The number of aliphatic hydroxyl groups is 1.